The van der Waals surface area contributed by atoms with E-state index in [0.29, 0.717) is 6.54 Å². The highest BCUT2D eigenvalue weighted by Crippen LogP contribution is 2.24. The molecule has 1 atom stereocenters. The van der Waals surface area contributed by atoms with Crippen LogP contribution in [0.2, 0.25) is 0 Å². The second kappa shape index (κ2) is 7.94. The first-order valence-corrected chi connectivity index (χ1v) is 8.38. The van der Waals surface area contributed by atoms with Crippen molar-refractivity contribution in [3.05, 3.63) is 34.7 Å². The third-order valence-electron chi connectivity index (χ3n) is 3.64. The average molecular weight is 318 g/mol. The monoisotopic (exact) mass is 318 g/mol. The average Bonchev–Trinajstić information content (AvgIpc) is 3.02. The molecule has 0 fully saturated rings. The van der Waals surface area contributed by atoms with Gasteiger partial charge in [0.25, 0.3) is 0 Å². The molecule has 0 saturated heterocycles. The Hall–Kier alpha value is -1.88. The Morgan fingerprint density at radius 3 is 2.73 bits per heavy atom. The first-order chi connectivity index (χ1) is 10.6. The number of aromatic nitrogens is 1. The Kier molecular flexibility index (Phi) is 5.95. The van der Waals surface area contributed by atoms with Crippen LogP contribution in [0.5, 0.6) is 5.75 Å². The van der Waals surface area contributed by atoms with Gasteiger partial charge in [-0.1, -0.05) is 13.8 Å². The molecule has 0 radical (unpaired) electrons. The molecule has 4 nitrogen and oxygen atoms in total. The van der Waals surface area contributed by atoms with E-state index >= 15 is 0 Å². The zero-order chi connectivity index (χ0) is 15.9. The zero-order valence-electron chi connectivity index (χ0n) is 13.3. The molecule has 1 unspecified atom stereocenters. The van der Waals surface area contributed by atoms with E-state index in [2.05, 4.69) is 10.3 Å². The molecule has 0 aliphatic carbocycles. The van der Waals surface area contributed by atoms with Crippen LogP contribution in [-0.4, -0.2) is 24.5 Å². The zero-order valence-corrected chi connectivity index (χ0v) is 14.1. The number of hydrogen-bond acceptors (Lipinski definition) is 4. The molecule has 0 aliphatic rings. The number of ether oxygens (including phenoxy) is 1. The van der Waals surface area contributed by atoms with Crippen LogP contribution in [0.4, 0.5) is 0 Å². The van der Waals surface area contributed by atoms with Crippen molar-refractivity contribution >= 4 is 17.2 Å². The number of nitrogens with one attached hydrogen (secondary N) is 1. The Balaban J connectivity index is 1.89. The van der Waals surface area contributed by atoms with Gasteiger partial charge in [0.2, 0.25) is 5.91 Å². The molecule has 22 heavy (non-hydrogen) atoms. The molecule has 0 aliphatic heterocycles. The van der Waals surface area contributed by atoms with Crippen LogP contribution in [0.15, 0.2) is 29.6 Å². The lowest BCUT2D eigenvalue weighted by molar-refractivity contribution is -0.124. The smallest absolute Gasteiger partial charge is 0.222 e. The van der Waals surface area contributed by atoms with Crippen molar-refractivity contribution in [3.63, 3.8) is 0 Å². The SMILES string of the molecule is CCC(C)C(=O)NCCc1nc(-c2ccc(OC)cc2)cs1. The first-order valence-electron chi connectivity index (χ1n) is 7.50. The second-order valence-corrected chi connectivity index (χ2v) is 6.15. The molecule has 5 heteroatoms. The van der Waals surface area contributed by atoms with Gasteiger partial charge in [-0.2, -0.15) is 0 Å². The van der Waals surface area contributed by atoms with Crippen molar-refractivity contribution in [2.24, 2.45) is 5.92 Å². The third kappa shape index (κ3) is 4.31. The summed E-state index contributed by atoms with van der Waals surface area (Å²) in [6, 6.07) is 7.87. The van der Waals surface area contributed by atoms with E-state index in [1.165, 1.54) is 0 Å². The molecule has 0 bridgehead atoms. The summed E-state index contributed by atoms with van der Waals surface area (Å²) in [5.74, 6) is 1.03. The predicted molar refractivity (Wildman–Crippen MR) is 90.3 cm³/mol. The number of thiazole rings is 1. The van der Waals surface area contributed by atoms with Gasteiger partial charge in [0.1, 0.15) is 5.75 Å². The second-order valence-electron chi connectivity index (χ2n) is 5.21. The fourth-order valence-electron chi connectivity index (χ4n) is 1.97. The quantitative estimate of drug-likeness (QED) is 0.850. The van der Waals surface area contributed by atoms with Gasteiger partial charge in [-0.3, -0.25) is 4.79 Å². The summed E-state index contributed by atoms with van der Waals surface area (Å²) < 4.78 is 5.16. The Labute approximate surface area is 135 Å². The summed E-state index contributed by atoms with van der Waals surface area (Å²) in [5, 5.41) is 6.04. The lowest BCUT2D eigenvalue weighted by atomic mass is 10.1. The van der Waals surface area contributed by atoms with Crippen molar-refractivity contribution in [1.82, 2.24) is 10.3 Å². The lowest BCUT2D eigenvalue weighted by Gasteiger charge is -2.08. The summed E-state index contributed by atoms with van der Waals surface area (Å²) in [6.45, 7) is 4.60. The summed E-state index contributed by atoms with van der Waals surface area (Å²) in [5.41, 5.74) is 2.04. The van der Waals surface area contributed by atoms with E-state index in [1.807, 2.05) is 43.5 Å². The highest BCUT2D eigenvalue weighted by atomic mass is 32.1. The van der Waals surface area contributed by atoms with Gasteiger partial charge in [0, 0.05) is 29.8 Å². The van der Waals surface area contributed by atoms with Gasteiger partial charge in [-0.05, 0) is 30.7 Å². The van der Waals surface area contributed by atoms with E-state index in [-0.39, 0.29) is 11.8 Å². The van der Waals surface area contributed by atoms with Crippen LogP contribution < -0.4 is 10.1 Å². The Morgan fingerprint density at radius 2 is 2.09 bits per heavy atom. The minimum atomic E-state index is 0.0751. The van der Waals surface area contributed by atoms with Crippen LogP contribution >= 0.6 is 11.3 Å². The minimum Gasteiger partial charge on any atom is -0.497 e. The topological polar surface area (TPSA) is 51.2 Å². The largest absolute Gasteiger partial charge is 0.497 e. The van der Waals surface area contributed by atoms with Crippen molar-refractivity contribution < 1.29 is 9.53 Å². The maximum Gasteiger partial charge on any atom is 0.222 e. The van der Waals surface area contributed by atoms with Gasteiger partial charge >= 0.3 is 0 Å². The van der Waals surface area contributed by atoms with Crippen LogP contribution in [-0.2, 0) is 11.2 Å². The van der Waals surface area contributed by atoms with E-state index in [1.54, 1.807) is 18.4 Å². The number of rotatable bonds is 7. The maximum atomic E-state index is 11.7. The molecule has 2 rings (SSSR count). The van der Waals surface area contributed by atoms with Gasteiger partial charge in [0.05, 0.1) is 17.8 Å². The predicted octanol–water partition coefficient (Wildman–Crippen LogP) is 3.52. The molecular weight excluding hydrogens is 296 g/mol. The van der Waals surface area contributed by atoms with E-state index in [9.17, 15) is 4.79 Å². The van der Waals surface area contributed by atoms with Crippen LogP contribution in [0.1, 0.15) is 25.3 Å². The number of carbonyl (C=O) groups is 1. The fourth-order valence-corrected chi connectivity index (χ4v) is 2.78. The summed E-state index contributed by atoms with van der Waals surface area (Å²) in [4.78, 5) is 16.3. The van der Waals surface area contributed by atoms with E-state index in [0.717, 1.165) is 34.9 Å². The number of benzene rings is 1. The number of hydrogen-bond donors (Lipinski definition) is 1. The minimum absolute atomic E-state index is 0.0751. The van der Waals surface area contributed by atoms with Crippen molar-refractivity contribution in [2.75, 3.05) is 13.7 Å². The number of amides is 1. The van der Waals surface area contributed by atoms with Gasteiger partial charge < -0.3 is 10.1 Å². The molecule has 0 saturated carbocycles. The van der Waals surface area contributed by atoms with Crippen molar-refractivity contribution in [3.8, 4) is 17.0 Å². The van der Waals surface area contributed by atoms with E-state index < -0.39 is 0 Å². The molecule has 2 aromatic rings. The Morgan fingerprint density at radius 1 is 1.36 bits per heavy atom. The van der Waals surface area contributed by atoms with Gasteiger partial charge in [0.15, 0.2) is 0 Å². The summed E-state index contributed by atoms with van der Waals surface area (Å²) >= 11 is 1.63. The highest BCUT2D eigenvalue weighted by molar-refractivity contribution is 7.09. The molecule has 118 valence electrons. The molecule has 1 N–H and O–H groups in total. The van der Waals surface area contributed by atoms with Gasteiger partial charge in [-0.15, -0.1) is 11.3 Å². The fraction of sp³-hybridized carbons (Fsp3) is 0.412. The number of methoxy groups -OCH3 is 1. The molecule has 1 heterocycles. The van der Waals surface area contributed by atoms with Crippen molar-refractivity contribution in [2.45, 2.75) is 26.7 Å². The van der Waals surface area contributed by atoms with E-state index in [4.69, 9.17) is 4.74 Å². The number of nitrogens with zero attached hydrogens (tertiary/aromatic N) is 1. The molecule has 0 spiro atoms. The van der Waals surface area contributed by atoms with Crippen LogP contribution in [0.3, 0.4) is 0 Å². The first kappa shape index (κ1) is 16.5. The lowest BCUT2D eigenvalue weighted by Crippen LogP contribution is -2.30. The molecule has 1 aromatic heterocycles. The van der Waals surface area contributed by atoms with Crippen LogP contribution in [0.25, 0.3) is 11.3 Å². The standard InChI is InChI=1S/C17H22N2O2S/c1-4-12(2)17(20)18-10-9-16-19-15(11-22-16)13-5-7-14(21-3)8-6-13/h5-8,11-12H,4,9-10H2,1-3H3,(H,18,20). The normalized spacial score (nSPS) is 12.0. The Bertz CT molecular complexity index is 607. The number of carbonyl (C=O) groups excluding carboxylic acids is 1. The van der Waals surface area contributed by atoms with Crippen LogP contribution in [0, 0.1) is 5.92 Å². The van der Waals surface area contributed by atoms with Gasteiger partial charge in [-0.25, -0.2) is 4.98 Å². The molecule has 1 aromatic carbocycles. The molecule has 1 amide bonds. The highest BCUT2D eigenvalue weighted by Gasteiger charge is 2.10. The molecular formula is C17H22N2O2S. The van der Waals surface area contributed by atoms with Crippen molar-refractivity contribution in [1.29, 1.82) is 0 Å². The third-order valence-corrected chi connectivity index (χ3v) is 4.54. The summed E-state index contributed by atoms with van der Waals surface area (Å²) in [7, 11) is 1.66. The maximum absolute atomic E-state index is 11.7. The summed E-state index contributed by atoms with van der Waals surface area (Å²) in [6.07, 6.45) is 1.63.